The van der Waals surface area contributed by atoms with Crippen molar-refractivity contribution >= 4 is 5.69 Å². The van der Waals surface area contributed by atoms with E-state index in [1.54, 1.807) is 18.2 Å². The number of rotatable bonds is 11. The molecule has 2 aromatic rings. The summed E-state index contributed by atoms with van der Waals surface area (Å²) in [7, 11) is 1.84. The van der Waals surface area contributed by atoms with Gasteiger partial charge in [-0.3, -0.25) is 0 Å². The lowest BCUT2D eigenvalue weighted by Gasteiger charge is -2.14. The number of ether oxygens (including phenoxy) is 2. The van der Waals surface area contributed by atoms with E-state index in [9.17, 15) is 13.9 Å². The summed E-state index contributed by atoms with van der Waals surface area (Å²) in [6.07, 6.45) is -0.159. The second kappa shape index (κ2) is 13.7. The lowest BCUT2D eigenvalue weighted by atomic mass is 10.1. The van der Waals surface area contributed by atoms with Gasteiger partial charge < -0.3 is 25.2 Å². The number of hydrogen-bond acceptors (Lipinski definition) is 5. The summed E-state index contributed by atoms with van der Waals surface area (Å²) in [5.41, 5.74) is 1.67. The largest absolute Gasteiger partial charge is 0.491 e. The minimum atomic E-state index is -2.84. The Morgan fingerprint density at radius 1 is 1.04 bits per heavy atom. The summed E-state index contributed by atoms with van der Waals surface area (Å²) in [4.78, 5) is 0. The Labute approximate surface area is 165 Å². The number of anilines is 1. The molecule has 0 aliphatic rings. The molecule has 1 atom stereocenters. The Morgan fingerprint density at radius 3 is 2.36 bits per heavy atom. The zero-order chi connectivity index (χ0) is 20.8. The predicted molar refractivity (Wildman–Crippen MR) is 108 cm³/mol. The fourth-order valence-electron chi connectivity index (χ4n) is 2.38. The van der Waals surface area contributed by atoms with Crippen molar-refractivity contribution in [2.24, 2.45) is 0 Å². The maximum absolute atomic E-state index is 12.4. The van der Waals surface area contributed by atoms with Crippen LogP contribution in [0.2, 0.25) is 0 Å². The monoisotopic (exact) mass is 396 g/mol. The number of para-hydroxylation sites is 1. The molecule has 2 aromatic carbocycles. The minimum absolute atomic E-state index is 0.164. The third kappa shape index (κ3) is 9.01. The van der Waals surface area contributed by atoms with Gasteiger partial charge in [-0.2, -0.15) is 8.78 Å². The lowest BCUT2D eigenvalue weighted by Crippen LogP contribution is -2.32. The molecule has 7 heteroatoms. The summed E-state index contributed by atoms with van der Waals surface area (Å²) in [5.74, 6) is 0.860. The molecule has 0 spiro atoms. The van der Waals surface area contributed by atoms with Crippen LogP contribution in [0.15, 0.2) is 48.5 Å². The third-order valence-corrected chi connectivity index (χ3v) is 3.73. The lowest BCUT2D eigenvalue weighted by molar-refractivity contribution is -0.0504. The molecule has 2 rings (SSSR count). The van der Waals surface area contributed by atoms with E-state index in [-0.39, 0.29) is 12.4 Å². The van der Waals surface area contributed by atoms with E-state index in [4.69, 9.17) is 4.74 Å². The number of alkyl halides is 2. The van der Waals surface area contributed by atoms with Gasteiger partial charge in [-0.05, 0) is 48.9 Å². The zero-order valence-electron chi connectivity index (χ0n) is 16.6. The fourth-order valence-corrected chi connectivity index (χ4v) is 2.38. The molecule has 1 unspecified atom stereocenters. The minimum Gasteiger partial charge on any atom is -0.491 e. The van der Waals surface area contributed by atoms with Crippen LogP contribution < -0.4 is 20.1 Å². The standard InChI is InChI=1S/C19H24F2N2O3.C2H6/c1-22-15-6-8-17(9-7-15)25-13-16(24)12-23-11-10-14-4-2-3-5-18(14)26-19(20)21;1-2/h2-9,16,19,22-24H,10-13H2,1H3;1-2H3. The average Bonchev–Trinajstić information content (AvgIpc) is 2.72. The number of hydrogen-bond donors (Lipinski definition) is 3. The second-order valence-electron chi connectivity index (χ2n) is 5.68. The maximum Gasteiger partial charge on any atom is 0.387 e. The van der Waals surface area contributed by atoms with Crippen LogP contribution in [-0.4, -0.2) is 44.6 Å². The van der Waals surface area contributed by atoms with Crippen LogP contribution in [-0.2, 0) is 6.42 Å². The van der Waals surface area contributed by atoms with Gasteiger partial charge in [-0.1, -0.05) is 32.0 Å². The van der Waals surface area contributed by atoms with Crippen LogP contribution in [0.1, 0.15) is 19.4 Å². The highest BCUT2D eigenvalue weighted by molar-refractivity contribution is 5.45. The summed E-state index contributed by atoms with van der Waals surface area (Å²) in [6.45, 7) is 2.19. The van der Waals surface area contributed by atoms with E-state index >= 15 is 0 Å². The van der Waals surface area contributed by atoms with Crippen molar-refractivity contribution in [1.29, 1.82) is 0 Å². The number of aliphatic hydroxyl groups excluding tert-OH is 1. The molecule has 0 amide bonds. The average molecular weight is 396 g/mol. The van der Waals surface area contributed by atoms with Crippen LogP contribution in [0.4, 0.5) is 14.5 Å². The normalized spacial score (nSPS) is 11.4. The molecule has 28 heavy (non-hydrogen) atoms. The fraction of sp³-hybridized carbons (Fsp3) is 0.429. The van der Waals surface area contributed by atoms with Gasteiger partial charge in [0.15, 0.2) is 0 Å². The van der Waals surface area contributed by atoms with Gasteiger partial charge in [0.1, 0.15) is 24.2 Å². The van der Waals surface area contributed by atoms with Crippen LogP contribution in [0.5, 0.6) is 11.5 Å². The van der Waals surface area contributed by atoms with Crippen molar-refractivity contribution < 1.29 is 23.4 Å². The van der Waals surface area contributed by atoms with E-state index in [1.165, 1.54) is 6.07 Å². The van der Waals surface area contributed by atoms with Crippen molar-refractivity contribution in [1.82, 2.24) is 5.32 Å². The molecular formula is C21H30F2N2O3. The summed E-state index contributed by atoms with van der Waals surface area (Å²) < 4.78 is 34.8. The number of halogens is 2. The zero-order valence-corrected chi connectivity index (χ0v) is 16.6. The topological polar surface area (TPSA) is 62.8 Å². The summed E-state index contributed by atoms with van der Waals surface area (Å²) >= 11 is 0. The first-order chi connectivity index (χ1) is 13.6. The van der Waals surface area contributed by atoms with Crippen molar-refractivity contribution in [2.45, 2.75) is 33.0 Å². The van der Waals surface area contributed by atoms with Gasteiger partial charge in [-0.15, -0.1) is 0 Å². The molecule has 0 aliphatic carbocycles. The maximum atomic E-state index is 12.4. The van der Waals surface area contributed by atoms with Crippen molar-refractivity contribution in [3.8, 4) is 11.5 Å². The molecule has 0 radical (unpaired) electrons. The highest BCUT2D eigenvalue weighted by Crippen LogP contribution is 2.20. The molecule has 0 aromatic heterocycles. The van der Waals surface area contributed by atoms with Gasteiger partial charge in [-0.25, -0.2) is 0 Å². The van der Waals surface area contributed by atoms with Crippen LogP contribution in [0, 0.1) is 0 Å². The van der Waals surface area contributed by atoms with E-state index in [1.807, 2.05) is 45.2 Å². The van der Waals surface area contributed by atoms with Gasteiger partial charge in [0, 0.05) is 19.3 Å². The van der Waals surface area contributed by atoms with Crippen molar-refractivity contribution in [3.63, 3.8) is 0 Å². The Kier molecular flexibility index (Phi) is 11.6. The van der Waals surface area contributed by atoms with Gasteiger partial charge >= 0.3 is 6.61 Å². The molecular weight excluding hydrogens is 366 g/mol. The number of nitrogens with one attached hydrogen (secondary N) is 2. The van der Waals surface area contributed by atoms with Crippen LogP contribution in [0.25, 0.3) is 0 Å². The Bertz CT molecular complexity index is 654. The van der Waals surface area contributed by atoms with E-state index in [2.05, 4.69) is 15.4 Å². The summed E-state index contributed by atoms with van der Waals surface area (Å²) in [6, 6.07) is 14.1. The Morgan fingerprint density at radius 2 is 1.71 bits per heavy atom. The van der Waals surface area contributed by atoms with Gasteiger partial charge in [0.2, 0.25) is 0 Å². The molecule has 0 bridgehead atoms. The molecule has 0 saturated carbocycles. The molecule has 0 aliphatic heterocycles. The van der Waals surface area contributed by atoms with Gasteiger partial charge in [0.25, 0.3) is 0 Å². The third-order valence-electron chi connectivity index (χ3n) is 3.73. The van der Waals surface area contributed by atoms with E-state index in [0.717, 1.165) is 5.69 Å². The molecule has 5 nitrogen and oxygen atoms in total. The van der Waals surface area contributed by atoms with E-state index in [0.29, 0.717) is 30.8 Å². The summed E-state index contributed by atoms with van der Waals surface area (Å²) in [5, 5.41) is 16.1. The van der Waals surface area contributed by atoms with Crippen LogP contribution in [0.3, 0.4) is 0 Å². The molecule has 0 heterocycles. The highest BCUT2D eigenvalue weighted by Gasteiger charge is 2.09. The molecule has 0 fully saturated rings. The van der Waals surface area contributed by atoms with Crippen molar-refractivity contribution in [3.05, 3.63) is 54.1 Å². The first-order valence-electron chi connectivity index (χ1n) is 9.40. The van der Waals surface area contributed by atoms with Crippen molar-refractivity contribution in [2.75, 3.05) is 32.1 Å². The molecule has 3 N–H and O–H groups in total. The molecule has 156 valence electrons. The Hall–Kier alpha value is -2.38. The quantitative estimate of drug-likeness (QED) is 0.503. The number of aliphatic hydroxyl groups is 1. The highest BCUT2D eigenvalue weighted by atomic mass is 19.3. The smallest absolute Gasteiger partial charge is 0.387 e. The number of benzene rings is 2. The first kappa shape index (κ1) is 23.7. The van der Waals surface area contributed by atoms with E-state index < -0.39 is 12.7 Å². The first-order valence-corrected chi connectivity index (χ1v) is 9.40. The predicted octanol–water partition coefficient (Wildman–Crippen LogP) is 3.93. The van der Waals surface area contributed by atoms with Crippen LogP contribution >= 0.6 is 0 Å². The molecule has 0 saturated heterocycles. The SMILES string of the molecule is CC.CNc1ccc(OCC(O)CNCCc2ccccc2OC(F)F)cc1. The second-order valence-corrected chi connectivity index (χ2v) is 5.68. The Balaban J connectivity index is 0.00000190. The van der Waals surface area contributed by atoms with Gasteiger partial charge in [0.05, 0.1) is 0 Å².